The fourth-order valence-corrected chi connectivity index (χ4v) is 3.23. The number of rotatable bonds is 7. The van der Waals surface area contributed by atoms with Crippen LogP contribution < -0.4 is 11.5 Å². The van der Waals surface area contributed by atoms with Crippen LogP contribution in [0.2, 0.25) is 0 Å². The maximum Gasteiger partial charge on any atom is 0.231 e. The van der Waals surface area contributed by atoms with Crippen molar-refractivity contribution in [1.82, 2.24) is 4.90 Å². The number of nitrogens with two attached hydrogens (primary N) is 2. The van der Waals surface area contributed by atoms with Crippen molar-refractivity contribution in [3.05, 3.63) is 29.8 Å². The molecule has 4 nitrogen and oxygen atoms in total. The lowest BCUT2D eigenvalue weighted by atomic mass is 9.87. The zero-order valence-corrected chi connectivity index (χ0v) is 12.8. The molecule has 0 bridgehead atoms. The van der Waals surface area contributed by atoms with Gasteiger partial charge in [0.25, 0.3) is 0 Å². The van der Waals surface area contributed by atoms with Crippen LogP contribution in [0.1, 0.15) is 44.1 Å². The Morgan fingerprint density at radius 1 is 1.24 bits per heavy atom. The summed E-state index contributed by atoms with van der Waals surface area (Å²) < 4.78 is 0. The summed E-state index contributed by atoms with van der Waals surface area (Å²) in [5.74, 6) is 0.553. The normalized spacial score (nSPS) is 16.2. The molecule has 2 rings (SSSR count). The molecule has 0 saturated heterocycles. The van der Waals surface area contributed by atoms with Gasteiger partial charge in [-0.1, -0.05) is 44.2 Å². The van der Waals surface area contributed by atoms with E-state index in [-0.39, 0.29) is 5.91 Å². The van der Waals surface area contributed by atoms with Crippen LogP contribution in [0.15, 0.2) is 24.3 Å². The number of benzene rings is 1. The second-order valence-electron chi connectivity index (χ2n) is 6.21. The van der Waals surface area contributed by atoms with Gasteiger partial charge in [0, 0.05) is 12.2 Å². The molecule has 0 aliphatic heterocycles. The van der Waals surface area contributed by atoms with E-state index in [0.29, 0.717) is 6.54 Å². The van der Waals surface area contributed by atoms with Gasteiger partial charge in [-0.05, 0) is 36.6 Å². The maximum atomic E-state index is 11.3. The van der Waals surface area contributed by atoms with Gasteiger partial charge in [0.2, 0.25) is 5.91 Å². The molecular formula is C17H27N3O. The molecule has 1 aromatic carbocycles. The number of anilines is 1. The lowest BCUT2D eigenvalue weighted by molar-refractivity contribution is -0.119. The van der Waals surface area contributed by atoms with E-state index < -0.39 is 0 Å². The summed E-state index contributed by atoms with van der Waals surface area (Å²) in [4.78, 5) is 13.4. The average Bonchev–Trinajstić information content (AvgIpc) is 2.45. The topological polar surface area (TPSA) is 72.4 Å². The highest BCUT2D eigenvalue weighted by Crippen LogP contribution is 2.26. The molecule has 1 aliphatic carbocycles. The maximum absolute atomic E-state index is 11.3. The standard InChI is InChI=1S/C17H27N3O/c18-16-8-4-7-15(11-16)12-20(13-17(19)21)10-9-14-5-2-1-3-6-14/h4,7-8,11,14H,1-3,5-6,9-10,12-13,18H2,(H2,19,21). The van der Waals surface area contributed by atoms with E-state index in [0.717, 1.165) is 36.7 Å². The summed E-state index contributed by atoms with van der Waals surface area (Å²) in [6, 6.07) is 7.85. The first-order valence-corrected chi connectivity index (χ1v) is 7.98. The van der Waals surface area contributed by atoms with E-state index in [9.17, 15) is 4.79 Å². The quantitative estimate of drug-likeness (QED) is 0.758. The first kappa shape index (κ1) is 15.8. The predicted octanol–water partition coefficient (Wildman–Crippen LogP) is 2.53. The van der Waals surface area contributed by atoms with Crippen LogP contribution >= 0.6 is 0 Å². The van der Waals surface area contributed by atoms with Crippen LogP contribution in [0.3, 0.4) is 0 Å². The minimum atomic E-state index is -0.262. The molecule has 0 atom stereocenters. The smallest absolute Gasteiger partial charge is 0.231 e. The molecule has 116 valence electrons. The van der Waals surface area contributed by atoms with Gasteiger partial charge >= 0.3 is 0 Å². The Hall–Kier alpha value is -1.55. The SMILES string of the molecule is NC(=O)CN(CCC1CCCCC1)Cc1cccc(N)c1. The molecule has 1 aliphatic rings. The van der Waals surface area contributed by atoms with E-state index in [1.165, 1.54) is 32.1 Å². The van der Waals surface area contributed by atoms with Crippen LogP contribution in [0.25, 0.3) is 0 Å². The summed E-state index contributed by atoms with van der Waals surface area (Å²) in [5, 5.41) is 0. The summed E-state index contributed by atoms with van der Waals surface area (Å²) in [5.41, 5.74) is 13.1. The average molecular weight is 289 g/mol. The van der Waals surface area contributed by atoms with Crippen LogP contribution in [0.5, 0.6) is 0 Å². The van der Waals surface area contributed by atoms with E-state index in [1.807, 2.05) is 24.3 Å². The molecule has 0 heterocycles. The number of nitrogens with zero attached hydrogens (tertiary/aromatic N) is 1. The summed E-state index contributed by atoms with van der Waals surface area (Å²) in [7, 11) is 0. The molecule has 0 unspecified atom stereocenters. The number of primary amides is 1. The van der Waals surface area contributed by atoms with Crippen LogP contribution in [0.4, 0.5) is 5.69 Å². The summed E-state index contributed by atoms with van der Waals surface area (Å²) in [6.07, 6.45) is 7.93. The van der Waals surface area contributed by atoms with Crippen LogP contribution in [0, 0.1) is 5.92 Å². The number of amides is 1. The minimum absolute atomic E-state index is 0.262. The zero-order chi connectivity index (χ0) is 15.1. The number of carbonyl (C=O) groups is 1. The van der Waals surface area contributed by atoms with Gasteiger partial charge < -0.3 is 11.5 Å². The van der Waals surface area contributed by atoms with Gasteiger partial charge in [0.1, 0.15) is 0 Å². The van der Waals surface area contributed by atoms with Crippen LogP contribution in [-0.4, -0.2) is 23.9 Å². The largest absolute Gasteiger partial charge is 0.399 e. The third-order valence-corrected chi connectivity index (χ3v) is 4.31. The molecule has 1 fully saturated rings. The van der Waals surface area contributed by atoms with Crippen molar-refractivity contribution in [2.24, 2.45) is 11.7 Å². The first-order chi connectivity index (χ1) is 10.1. The first-order valence-electron chi connectivity index (χ1n) is 7.98. The molecule has 0 spiro atoms. The lowest BCUT2D eigenvalue weighted by Gasteiger charge is -2.26. The Morgan fingerprint density at radius 2 is 2.00 bits per heavy atom. The van der Waals surface area contributed by atoms with Gasteiger partial charge in [-0.3, -0.25) is 9.69 Å². The molecule has 4 N–H and O–H groups in total. The molecule has 21 heavy (non-hydrogen) atoms. The molecule has 1 amide bonds. The zero-order valence-electron chi connectivity index (χ0n) is 12.8. The minimum Gasteiger partial charge on any atom is -0.399 e. The Kier molecular flexibility index (Phi) is 6.05. The van der Waals surface area contributed by atoms with Gasteiger partial charge in [0.15, 0.2) is 0 Å². The van der Waals surface area contributed by atoms with Gasteiger partial charge in [-0.15, -0.1) is 0 Å². The van der Waals surface area contributed by atoms with Crippen molar-refractivity contribution in [3.63, 3.8) is 0 Å². The van der Waals surface area contributed by atoms with Crippen molar-refractivity contribution in [1.29, 1.82) is 0 Å². The second kappa shape index (κ2) is 8.03. The Labute approximate surface area is 127 Å². The summed E-state index contributed by atoms with van der Waals surface area (Å²) >= 11 is 0. The number of nitrogen functional groups attached to an aromatic ring is 1. The van der Waals surface area contributed by atoms with E-state index in [4.69, 9.17) is 11.5 Å². The molecule has 4 heteroatoms. The molecule has 1 saturated carbocycles. The molecule has 1 aromatic rings. The van der Waals surface area contributed by atoms with Gasteiger partial charge in [-0.2, -0.15) is 0 Å². The molecule has 0 radical (unpaired) electrons. The number of hydrogen-bond acceptors (Lipinski definition) is 3. The van der Waals surface area contributed by atoms with Crippen molar-refractivity contribution >= 4 is 11.6 Å². The van der Waals surface area contributed by atoms with Crippen molar-refractivity contribution in [3.8, 4) is 0 Å². The molecule has 0 aromatic heterocycles. The third kappa shape index (κ3) is 5.76. The van der Waals surface area contributed by atoms with E-state index in [1.54, 1.807) is 0 Å². The monoisotopic (exact) mass is 289 g/mol. The predicted molar refractivity (Wildman–Crippen MR) is 86.5 cm³/mol. The Morgan fingerprint density at radius 3 is 2.67 bits per heavy atom. The van der Waals surface area contributed by atoms with E-state index in [2.05, 4.69) is 4.90 Å². The van der Waals surface area contributed by atoms with Gasteiger partial charge in [-0.25, -0.2) is 0 Å². The lowest BCUT2D eigenvalue weighted by Crippen LogP contribution is -2.35. The molecular weight excluding hydrogens is 262 g/mol. The summed E-state index contributed by atoms with van der Waals surface area (Å²) in [6.45, 7) is 1.99. The van der Waals surface area contributed by atoms with Crippen LogP contribution in [-0.2, 0) is 11.3 Å². The Bertz CT molecular complexity index is 455. The third-order valence-electron chi connectivity index (χ3n) is 4.31. The fourth-order valence-electron chi connectivity index (χ4n) is 3.23. The highest BCUT2D eigenvalue weighted by Gasteiger charge is 2.16. The van der Waals surface area contributed by atoms with Crippen molar-refractivity contribution in [2.45, 2.75) is 45.1 Å². The number of hydrogen-bond donors (Lipinski definition) is 2. The second-order valence-corrected chi connectivity index (χ2v) is 6.21. The van der Waals surface area contributed by atoms with Crippen molar-refractivity contribution in [2.75, 3.05) is 18.8 Å². The van der Waals surface area contributed by atoms with E-state index >= 15 is 0 Å². The van der Waals surface area contributed by atoms with Crippen molar-refractivity contribution < 1.29 is 4.79 Å². The highest BCUT2D eigenvalue weighted by atomic mass is 16.1. The number of carbonyl (C=O) groups excluding carboxylic acids is 1. The van der Waals surface area contributed by atoms with Gasteiger partial charge in [0.05, 0.1) is 6.54 Å². The fraction of sp³-hybridized carbons (Fsp3) is 0.588. The highest BCUT2D eigenvalue weighted by molar-refractivity contribution is 5.75. The Balaban J connectivity index is 1.88.